The Labute approximate surface area is 123 Å². The SMILES string of the molecule is CCc1cc(NS(=O)(=O)c2ccccc2Cl)nnc1C. The van der Waals surface area contributed by atoms with E-state index in [0.29, 0.717) is 0 Å². The predicted octanol–water partition coefficient (Wildman–Crippen LogP) is 2.80. The molecule has 1 aromatic carbocycles. The van der Waals surface area contributed by atoms with E-state index < -0.39 is 10.0 Å². The zero-order chi connectivity index (χ0) is 14.8. The summed E-state index contributed by atoms with van der Waals surface area (Å²) >= 11 is 5.90. The lowest BCUT2D eigenvalue weighted by molar-refractivity contribution is 0.601. The smallest absolute Gasteiger partial charge is 0.262 e. The molecule has 1 N–H and O–H groups in total. The summed E-state index contributed by atoms with van der Waals surface area (Å²) < 4.78 is 26.9. The fraction of sp³-hybridized carbons (Fsp3) is 0.231. The molecule has 0 bridgehead atoms. The molecule has 1 aromatic heterocycles. The Morgan fingerprint density at radius 2 is 1.95 bits per heavy atom. The third-order valence-electron chi connectivity index (χ3n) is 2.83. The van der Waals surface area contributed by atoms with Gasteiger partial charge >= 0.3 is 0 Å². The minimum atomic E-state index is -3.77. The van der Waals surface area contributed by atoms with Gasteiger partial charge in [0.15, 0.2) is 5.82 Å². The van der Waals surface area contributed by atoms with Gasteiger partial charge in [0, 0.05) is 0 Å². The van der Waals surface area contributed by atoms with E-state index in [2.05, 4.69) is 14.9 Å². The van der Waals surface area contributed by atoms with Crippen molar-refractivity contribution in [2.45, 2.75) is 25.2 Å². The molecule has 106 valence electrons. The van der Waals surface area contributed by atoms with Crippen LogP contribution in [0, 0.1) is 6.92 Å². The summed E-state index contributed by atoms with van der Waals surface area (Å²) in [7, 11) is -3.77. The number of benzene rings is 1. The van der Waals surface area contributed by atoms with Crippen molar-refractivity contribution in [3.63, 3.8) is 0 Å². The number of anilines is 1. The Kier molecular flexibility index (Phi) is 4.25. The third kappa shape index (κ3) is 3.08. The second-order valence-electron chi connectivity index (χ2n) is 4.23. The number of nitrogens with one attached hydrogen (secondary N) is 1. The molecule has 20 heavy (non-hydrogen) atoms. The molecule has 0 saturated heterocycles. The molecule has 0 aliphatic heterocycles. The first-order valence-corrected chi connectivity index (χ1v) is 7.90. The van der Waals surface area contributed by atoms with Gasteiger partial charge in [0.05, 0.1) is 10.7 Å². The van der Waals surface area contributed by atoms with Gasteiger partial charge in [-0.1, -0.05) is 30.7 Å². The van der Waals surface area contributed by atoms with Gasteiger partial charge in [-0.2, -0.15) is 5.10 Å². The van der Waals surface area contributed by atoms with E-state index in [4.69, 9.17) is 11.6 Å². The van der Waals surface area contributed by atoms with Crippen molar-refractivity contribution < 1.29 is 8.42 Å². The summed E-state index contributed by atoms with van der Waals surface area (Å²) in [6, 6.07) is 7.92. The van der Waals surface area contributed by atoms with Gasteiger partial charge in [-0.25, -0.2) is 8.42 Å². The Bertz CT molecular complexity index is 732. The summed E-state index contributed by atoms with van der Waals surface area (Å²) in [4.78, 5) is 0.0158. The first-order valence-electron chi connectivity index (χ1n) is 6.04. The second-order valence-corrected chi connectivity index (χ2v) is 6.29. The van der Waals surface area contributed by atoms with E-state index in [0.717, 1.165) is 17.7 Å². The molecule has 0 spiro atoms. The Morgan fingerprint density at radius 3 is 2.60 bits per heavy atom. The molecule has 0 aliphatic carbocycles. The van der Waals surface area contributed by atoms with Crippen molar-refractivity contribution in [2.75, 3.05) is 4.72 Å². The maximum Gasteiger partial charge on any atom is 0.264 e. The number of hydrogen-bond acceptors (Lipinski definition) is 4. The molecule has 0 saturated carbocycles. The fourth-order valence-corrected chi connectivity index (χ4v) is 3.26. The Balaban J connectivity index is 2.36. The monoisotopic (exact) mass is 311 g/mol. The van der Waals surface area contributed by atoms with Gasteiger partial charge in [-0.05, 0) is 37.1 Å². The molecule has 0 fully saturated rings. The van der Waals surface area contributed by atoms with Crippen LogP contribution in [-0.2, 0) is 16.4 Å². The van der Waals surface area contributed by atoms with E-state index in [1.165, 1.54) is 12.1 Å². The first kappa shape index (κ1) is 14.7. The number of halogens is 1. The van der Waals surface area contributed by atoms with Crippen LogP contribution in [0.25, 0.3) is 0 Å². The minimum Gasteiger partial charge on any atom is -0.262 e. The molecule has 0 unspecified atom stereocenters. The second kappa shape index (κ2) is 5.76. The van der Waals surface area contributed by atoms with E-state index in [1.54, 1.807) is 18.2 Å². The highest BCUT2D eigenvalue weighted by Gasteiger charge is 2.18. The summed E-state index contributed by atoms with van der Waals surface area (Å²) in [5.41, 5.74) is 1.73. The van der Waals surface area contributed by atoms with E-state index >= 15 is 0 Å². The fourth-order valence-electron chi connectivity index (χ4n) is 1.75. The molecule has 1 heterocycles. The molecule has 2 rings (SSSR count). The summed E-state index contributed by atoms with van der Waals surface area (Å²) in [6.07, 6.45) is 0.752. The highest BCUT2D eigenvalue weighted by molar-refractivity contribution is 7.92. The van der Waals surface area contributed by atoms with Gasteiger partial charge in [-0.3, -0.25) is 4.72 Å². The molecule has 2 aromatic rings. The summed E-state index contributed by atoms with van der Waals surface area (Å²) in [5.74, 6) is 0.187. The first-order chi connectivity index (χ1) is 9.44. The van der Waals surface area contributed by atoms with Crippen LogP contribution in [0.15, 0.2) is 35.2 Å². The van der Waals surface area contributed by atoms with Crippen LogP contribution >= 0.6 is 11.6 Å². The molecule has 0 radical (unpaired) electrons. The standard InChI is InChI=1S/C13H14ClN3O2S/c1-3-10-8-13(16-15-9(10)2)17-20(18,19)12-7-5-4-6-11(12)14/h4-8H,3H2,1-2H3,(H,16,17). The van der Waals surface area contributed by atoms with Crippen molar-refractivity contribution in [1.29, 1.82) is 0 Å². The average Bonchev–Trinajstić information content (AvgIpc) is 2.41. The molecule has 7 heteroatoms. The van der Waals surface area contributed by atoms with Crippen molar-refractivity contribution in [2.24, 2.45) is 0 Å². The molecule has 0 amide bonds. The van der Waals surface area contributed by atoms with Crippen molar-refractivity contribution in [3.8, 4) is 0 Å². The van der Waals surface area contributed by atoms with Gasteiger partial charge in [0.2, 0.25) is 0 Å². The van der Waals surface area contributed by atoms with Gasteiger partial charge < -0.3 is 0 Å². The highest BCUT2D eigenvalue weighted by atomic mass is 35.5. The van der Waals surface area contributed by atoms with Crippen molar-refractivity contribution in [1.82, 2.24) is 10.2 Å². The molecular weight excluding hydrogens is 298 g/mol. The van der Waals surface area contributed by atoms with Crippen LogP contribution in [0.3, 0.4) is 0 Å². The van der Waals surface area contributed by atoms with Gasteiger partial charge in [-0.15, -0.1) is 5.10 Å². The number of rotatable bonds is 4. The minimum absolute atomic E-state index is 0.0158. The zero-order valence-corrected chi connectivity index (χ0v) is 12.7. The van der Waals surface area contributed by atoms with Crippen LogP contribution in [0.2, 0.25) is 5.02 Å². The lowest BCUT2D eigenvalue weighted by atomic mass is 10.2. The lowest BCUT2D eigenvalue weighted by Crippen LogP contribution is -2.15. The molecule has 5 nitrogen and oxygen atoms in total. The number of sulfonamides is 1. The zero-order valence-electron chi connectivity index (χ0n) is 11.1. The van der Waals surface area contributed by atoms with Gasteiger partial charge in [0.25, 0.3) is 10.0 Å². The average molecular weight is 312 g/mol. The van der Waals surface area contributed by atoms with Crippen LogP contribution in [-0.4, -0.2) is 18.6 Å². The number of aromatic nitrogens is 2. The van der Waals surface area contributed by atoms with Crippen LogP contribution in [0.1, 0.15) is 18.2 Å². The van der Waals surface area contributed by atoms with E-state index in [1.807, 2.05) is 13.8 Å². The maximum atomic E-state index is 12.2. The van der Waals surface area contributed by atoms with Crippen molar-refractivity contribution >= 4 is 27.4 Å². The summed E-state index contributed by atoms with van der Waals surface area (Å²) in [5, 5.41) is 7.95. The lowest BCUT2D eigenvalue weighted by Gasteiger charge is -2.09. The largest absolute Gasteiger partial charge is 0.264 e. The summed E-state index contributed by atoms with van der Waals surface area (Å²) in [6.45, 7) is 3.80. The normalized spacial score (nSPS) is 11.3. The number of aryl methyl sites for hydroxylation is 2. The Hall–Kier alpha value is -1.66. The number of nitrogens with zero attached hydrogens (tertiary/aromatic N) is 2. The third-order valence-corrected chi connectivity index (χ3v) is 4.68. The Morgan fingerprint density at radius 1 is 1.25 bits per heavy atom. The molecule has 0 aliphatic rings. The quantitative estimate of drug-likeness (QED) is 0.942. The highest BCUT2D eigenvalue weighted by Crippen LogP contribution is 2.23. The molecule has 0 atom stereocenters. The van der Waals surface area contributed by atoms with Crippen LogP contribution in [0.5, 0.6) is 0 Å². The van der Waals surface area contributed by atoms with Gasteiger partial charge in [0.1, 0.15) is 4.90 Å². The predicted molar refractivity (Wildman–Crippen MR) is 78.4 cm³/mol. The molecular formula is C13H14ClN3O2S. The van der Waals surface area contributed by atoms with E-state index in [9.17, 15) is 8.42 Å². The van der Waals surface area contributed by atoms with Crippen LogP contribution < -0.4 is 4.72 Å². The topological polar surface area (TPSA) is 72.0 Å². The number of hydrogen-bond donors (Lipinski definition) is 1. The van der Waals surface area contributed by atoms with Crippen LogP contribution in [0.4, 0.5) is 5.82 Å². The maximum absolute atomic E-state index is 12.2. The van der Waals surface area contributed by atoms with Crippen molar-refractivity contribution in [3.05, 3.63) is 46.6 Å². The van der Waals surface area contributed by atoms with E-state index in [-0.39, 0.29) is 15.7 Å².